The minimum Gasteiger partial charge on any atom is -0.466 e. The molecule has 44 heavy (non-hydrogen) atoms. The average Bonchev–Trinajstić information content (AvgIpc) is 3.41. The van der Waals surface area contributed by atoms with Crippen molar-refractivity contribution in [3.8, 4) is 0 Å². The van der Waals surface area contributed by atoms with Crippen molar-refractivity contribution in [3.05, 3.63) is 51.9 Å². The summed E-state index contributed by atoms with van der Waals surface area (Å²) in [5.74, 6) is -2.69. The molecule has 1 saturated heterocycles. The number of esters is 1. The fourth-order valence-electron chi connectivity index (χ4n) is 5.07. The summed E-state index contributed by atoms with van der Waals surface area (Å²) in [7, 11) is 0. The van der Waals surface area contributed by atoms with Crippen LogP contribution in [0, 0.1) is 13.8 Å². The van der Waals surface area contributed by atoms with Crippen molar-refractivity contribution in [2.75, 3.05) is 11.9 Å². The Kier molecular flexibility index (Phi) is 12.6. The van der Waals surface area contributed by atoms with Gasteiger partial charge in [0.05, 0.1) is 28.4 Å². The lowest BCUT2D eigenvalue weighted by Gasteiger charge is -2.23. The van der Waals surface area contributed by atoms with Gasteiger partial charge in [0, 0.05) is 0 Å². The first-order chi connectivity index (χ1) is 20.9. The highest BCUT2D eigenvalue weighted by molar-refractivity contribution is 6.34. The predicted molar refractivity (Wildman–Crippen MR) is 166 cm³/mol. The van der Waals surface area contributed by atoms with Gasteiger partial charge in [-0.1, -0.05) is 76.3 Å². The Bertz CT molecular complexity index is 1370. The van der Waals surface area contributed by atoms with E-state index in [2.05, 4.69) is 12.2 Å². The van der Waals surface area contributed by atoms with E-state index in [4.69, 9.17) is 25.5 Å². The molecular formula is C33H43ClN2O8. The number of amides is 3. The molecule has 3 amide bonds. The molecule has 0 aliphatic carbocycles. The number of anilines is 1. The number of carbonyl (C=O) groups excluding carboxylic acids is 5. The first kappa shape index (κ1) is 34.8. The van der Waals surface area contributed by atoms with Crippen LogP contribution < -0.4 is 5.32 Å². The van der Waals surface area contributed by atoms with Gasteiger partial charge in [-0.3, -0.25) is 14.4 Å². The zero-order valence-corrected chi connectivity index (χ0v) is 27.0. The zero-order chi connectivity index (χ0) is 32.4. The molecule has 240 valence electrons. The number of nitrogens with zero attached hydrogens (tertiary/aromatic N) is 1. The molecule has 1 unspecified atom stereocenters. The quantitative estimate of drug-likeness (QED) is 0.0819. The molecule has 3 rings (SSSR count). The number of aryl methyl sites for hydroxylation is 2. The Hall–Kier alpha value is -3.66. The molecule has 2 aromatic rings. The van der Waals surface area contributed by atoms with E-state index < -0.39 is 41.3 Å². The number of rotatable bonds is 17. The maximum absolute atomic E-state index is 13.6. The van der Waals surface area contributed by atoms with Crippen LogP contribution in [0.4, 0.5) is 10.5 Å². The van der Waals surface area contributed by atoms with Crippen LogP contribution in [0.1, 0.15) is 117 Å². The predicted octanol–water partition coefficient (Wildman–Crippen LogP) is 7.57. The summed E-state index contributed by atoms with van der Waals surface area (Å²) in [6, 6.07) is 3.70. The molecule has 2 heterocycles. The van der Waals surface area contributed by atoms with E-state index in [0.717, 1.165) is 19.3 Å². The Morgan fingerprint density at radius 2 is 1.57 bits per heavy atom. The number of Topliss-reactive ketones (excluding diaryl/α,β-unsaturated/α-hetero) is 1. The van der Waals surface area contributed by atoms with E-state index in [1.165, 1.54) is 90.0 Å². The molecule has 1 aromatic carbocycles. The van der Waals surface area contributed by atoms with Crippen LogP contribution in [0.5, 0.6) is 0 Å². The van der Waals surface area contributed by atoms with Gasteiger partial charge in [-0.25, -0.2) is 14.5 Å². The van der Waals surface area contributed by atoms with Gasteiger partial charge < -0.3 is 19.2 Å². The second kappa shape index (κ2) is 15.9. The third-order valence-corrected chi connectivity index (χ3v) is 7.85. The van der Waals surface area contributed by atoms with Crippen LogP contribution in [0.2, 0.25) is 5.02 Å². The van der Waals surface area contributed by atoms with Crippen molar-refractivity contribution in [2.45, 2.75) is 110 Å². The molecule has 0 spiro atoms. The number of furan rings is 1. The highest BCUT2D eigenvalue weighted by atomic mass is 35.5. The summed E-state index contributed by atoms with van der Waals surface area (Å²) in [5.41, 5.74) is -1.41. The molecule has 11 heteroatoms. The van der Waals surface area contributed by atoms with Gasteiger partial charge in [0.15, 0.2) is 17.4 Å². The number of ketones is 1. The number of hydrogen-bond donors (Lipinski definition) is 1. The van der Waals surface area contributed by atoms with Gasteiger partial charge in [-0.15, -0.1) is 0 Å². The van der Waals surface area contributed by atoms with Gasteiger partial charge in [0.25, 0.3) is 11.8 Å². The summed E-state index contributed by atoms with van der Waals surface area (Å²) in [4.78, 5) is 66.2. The summed E-state index contributed by atoms with van der Waals surface area (Å²) in [6.07, 6.45) is 10.4. The normalized spacial score (nSPS) is 14.8. The van der Waals surface area contributed by atoms with Crippen LogP contribution in [-0.4, -0.2) is 52.8 Å². The highest BCUT2D eigenvalue weighted by Gasteiger charge is 2.54. The zero-order valence-electron chi connectivity index (χ0n) is 26.3. The van der Waals surface area contributed by atoms with Crippen molar-refractivity contribution in [2.24, 2.45) is 0 Å². The molecule has 1 N–H and O–H groups in total. The third kappa shape index (κ3) is 8.94. The molecular weight excluding hydrogens is 588 g/mol. The van der Waals surface area contributed by atoms with Crippen LogP contribution in [0.3, 0.4) is 0 Å². The first-order valence-electron chi connectivity index (χ1n) is 15.3. The molecule has 1 atom stereocenters. The molecule has 1 fully saturated rings. The van der Waals surface area contributed by atoms with Crippen molar-refractivity contribution in [1.82, 2.24) is 4.90 Å². The topological polar surface area (TPSA) is 132 Å². The van der Waals surface area contributed by atoms with Crippen molar-refractivity contribution in [3.63, 3.8) is 0 Å². The van der Waals surface area contributed by atoms with Crippen LogP contribution in [0.15, 0.2) is 28.7 Å². The van der Waals surface area contributed by atoms with Gasteiger partial charge in [0.1, 0.15) is 11.5 Å². The SMILES string of the molecule is CCCCCCCCCCCCOC(=O)c1ccc(Cl)c(NC(=O)C(C(=O)c2cc(C)oc2C)N2C(=O)OC(C)(C)C2=O)c1. The largest absolute Gasteiger partial charge is 0.466 e. The summed E-state index contributed by atoms with van der Waals surface area (Å²) in [6.45, 7) is 8.35. The van der Waals surface area contributed by atoms with Crippen molar-refractivity contribution < 1.29 is 37.9 Å². The molecule has 1 aliphatic heterocycles. The molecule has 0 bridgehead atoms. The maximum atomic E-state index is 13.6. The maximum Gasteiger partial charge on any atom is 0.418 e. The van der Waals surface area contributed by atoms with Crippen LogP contribution in [-0.2, 0) is 19.1 Å². The number of unbranched alkanes of at least 4 members (excludes halogenated alkanes) is 9. The van der Waals surface area contributed by atoms with Crippen LogP contribution in [0.25, 0.3) is 0 Å². The molecule has 0 saturated carbocycles. The van der Waals surface area contributed by atoms with E-state index >= 15 is 0 Å². The number of imide groups is 1. The smallest absolute Gasteiger partial charge is 0.418 e. The van der Waals surface area contributed by atoms with E-state index in [0.29, 0.717) is 10.7 Å². The molecule has 0 radical (unpaired) electrons. The fraction of sp³-hybridized carbons (Fsp3) is 0.545. The lowest BCUT2D eigenvalue weighted by atomic mass is 10.0. The Morgan fingerprint density at radius 3 is 2.11 bits per heavy atom. The standard InChI is InChI=1S/C33H43ClN2O8/c1-6-7-8-9-10-11-12-13-14-15-18-42-30(39)23-16-17-25(34)26(20-23)35-29(38)27(28(37)24-19-21(2)43-22(24)3)36-31(40)33(4,5)44-32(36)41/h16-17,19-20,27H,6-15,18H2,1-5H3,(H,35,38). The van der Waals surface area contributed by atoms with Crippen molar-refractivity contribution >= 4 is 46.9 Å². The Labute approximate surface area is 263 Å². The lowest BCUT2D eigenvalue weighted by Crippen LogP contribution is -2.53. The van der Waals surface area contributed by atoms with Crippen molar-refractivity contribution in [1.29, 1.82) is 0 Å². The fourth-order valence-corrected chi connectivity index (χ4v) is 5.23. The summed E-state index contributed by atoms with van der Waals surface area (Å²) >= 11 is 6.32. The third-order valence-electron chi connectivity index (χ3n) is 7.53. The number of halogens is 1. The summed E-state index contributed by atoms with van der Waals surface area (Å²) < 4.78 is 16.0. The number of benzene rings is 1. The van der Waals surface area contributed by atoms with E-state index in [1.807, 2.05) is 0 Å². The number of ether oxygens (including phenoxy) is 2. The second-order valence-electron chi connectivity index (χ2n) is 11.6. The van der Waals surface area contributed by atoms with Gasteiger partial charge in [-0.05, 0) is 58.4 Å². The van der Waals surface area contributed by atoms with E-state index in [9.17, 15) is 24.0 Å². The molecule has 1 aromatic heterocycles. The average molecular weight is 631 g/mol. The van der Waals surface area contributed by atoms with Gasteiger partial charge in [-0.2, -0.15) is 0 Å². The Morgan fingerprint density at radius 1 is 0.955 bits per heavy atom. The first-order valence-corrected chi connectivity index (χ1v) is 15.7. The van der Waals surface area contributed by atoms with E-state index in [1.54, 1.807) is 6.92 Å². The second-order valence-corrected chi connectivity index (χ2v) is 12.1. The number of carbonyl (C=O) groups is 5. The molecule has 10 nitrogen and oxygen atoms in total. The summed E-state index contributed by atoms with van der Waals surface area (Å²) in [5, 5.41) is 2.58. The van der Waals surface area contributed by atoms with Crippen LogP contribution >= 0.6 is 11.6 Å². The minimum atomic E-state index is -1.92. The van der Waals surface area contributed by atoms with E-state index in [-0.39, 0.29) is 34.2 Å². The minimum absolute atomic E-state index is 0.00206. The number of nitrogens with one attached hydrogen (secondary N) is 1. The Balaban J connectivity index is 1.65. The van der Waals surface area contributed by atoms with Gasteiger partial charge >= 0.3 is 12.1 Å². The van der Waals surface area contributed by atoms with Gasteiger partial charge in [0.2, 0.25) is 0 Å². The molecule has 1 aliphatic rings. The lowest BCUT2D eigenvalue weighted by molar-refractivity contribution is -0.137. The number of cyclic esters (lactones) is 1. The monoisotopic (exact) mass is 630 g/mol. The number of hydrogen-bond acceptors (Lipinski definition) is 8. The highest BCUT2D eigenvalue weighted by Crippen LogP contribution is 2.30.